The molecule has 0 spiro atoms. The molecule has 7 heteroatoms. The summed E-state index contributed by atoms with van der Waals surface area (Å²) in [6, 6.07) is 24.9. The number of carbonyl (C=O) groups is 1. The van der Waals surface area contributed by atoms with E-state index < -0.39 is 6.10 Å². The summed E-state index contributed by atoms with van der Waals surface area (Å²) in [4.78, 5) is 19.5. The van der Waals surface area contributed by atoms with E-state index in [4.69, 9.17) is 14.5 Å². The molecule has 34 heavy (non-hydrogen) atoms. The van der Waals surface area contributed by atoms with Crippen molar-refractivity contribution in [2.75, 3.05) is 25.2 Å². The minimum Gasteiger partial charge on any atom is -0.493 e. The number of hydrogen-bond acceptors (Lipinski definition) is 5. The molecule has 174 valence electrons. The number of aliphatic hydroxyl groups is 1. The molecular formula is C27H27N3O4. The molecule has 4 aromatic rings. The van der Waals surface area contributed by atoms with Crippen LogP contribution in [0.4, 0.5) is 5.69 Å². The number of rotatable bonds is 8. The van der Waals surface area contributed by atoms with Gasteiger partial charge in [0.2, 0.25) is 5.91 Å². The summed E-state index contributed by atoms with van der Waals surface area (Å²) in [5.41, 5.74) is 2.67. The summed E-state index contributed by atoms with van der Waals surface area (Å²) in [6.07, 6.45) is -0.393. The summed E-state index contributed by atoms with van der Waals surface area (Å²) in [5.74, 6) is 2.02. The third-order valence-electron chi connectivity index (χ3n) is 6.14. The molecule has 0 radical (unpaired) electrons. The second kappa shape index (κ2) is 9.57. The lowest BCUT2D eigenvalue weighted by atomic mass is 10.1. The van der Waals surface area contributed by atoms with Crippen LogP contribution in [-0.4, -0.2) is 46.9 Å². The number of nitrogens with zero attached hydrogens (tertiary/aromatic N) is 3. The fourth-order valence-corrected chi connectivity index (χ4v) is 4.52. The first kappa shape index (κ1) is 22.0. The van der Waals surface area contributed by atoms with Gasteiger partial charge in [-0.05, 0) is 36.4 Å². The number of anilines is 1. The molecule has 1 aliphatic rings. The number of aromatic nitrogens is 2. The van der Waals surface area contributed by atoms with E-state index in [0.717, 1.165) is 22.5 Å². The Hall–Kier alpha value is -3.84. The van der Waals surface area contributed by atoms with Crippen molar-refractivity contribution in [2.45, 2.75) is 25.0 Å². The molecular weight excluding hydrogens is 430 g/mol. The van der Waals surface area contributed by atoms with Gasteiger partial charge in [0.25, 0.3) is 0 Å². The first-order chi connectivity index (χ1) is 16.6. The lowest BCUT2D eigenvalue weighted by Gasteiger charge is -2.19. The fourth-order valence-electron chi connectivity index (χ4n) is 4.52. The van der Waals surface area contributed by atoms with E-state index in [1.807, 2.05) is 88.3 Å². The molecule has 1 amide bonds. The number of carbonyl (C=O) groups excluding carboxylic acids is 1. The van der Waals surface area contributed by atoms with Crippen molar-refractivity contribution in [3.05, 3.63) is 84.7 Å². The Balaban J connectivity index is 1.38. The predicted octanol–water partition coefficient (Wildman–Crippen LogP) is 4.01. The smallest absolute Gasteiger partial charge is 0.227 e. The highest BCUT2D eigenvalue weighted by Gasteiger charge is 2.35. The zero-order valence-corrected chi connectivity index (χ0v) is 19.0. The lowest BCUT2D eigenvalue weighted by Crippen LogP contribution is -2.26. The fraction of sp³-hybridized carbons (Fsp3) is 0.259. The van der Waals surface area contributed by atoms with Crippen LogP contribution in [0.25, 0.3) is 11.0 Å². The van der Waals surface area contributed by atoms with Gasteiger partial charge in [-0.25, -0.2) is 4.98 Å². The molecule has 1 fully saturated rings. The van der Waals surface area contributed by atoms with Crippen LogP contribution >= 0.6 is 0 Å². The maximum absolute atomic E-state index is 12.8. The zero-order valence-electron chi connectivity index (χ0n) is 19.0. The molecule has 7 nitrogen and oxygen atoms in total. The van der Waals surface area contributed by atoms with E-state index in [0.29, 0.717) is 31.0 Å². The van der Waals surface area contributed by atoms with Gasteiger partial charge in [-0.1, -0.05) is 42.5 Å². The summed E-state index contributed by atoms with van der Waals surface area (Å²) in [6.45, 7) is 0.965. The van der Waals surface area contributed by atoms with Crippen LogP contribution in [0, 0.1) is 0 Å². The number of para-hydroxylation sites is 5. The van der Waals surface area contributed by atoms with Crippen molar-refractivity contribution in [3.8, 4) is 11.5 Å². The van der Waals surface area contributed by atoms with Crippen LogP contribution in [0.1, 0.15) is 18.2 Å². The first-order valence-corrected chi connectivity index (χ1v) is 11.4. The van der Waals surface area contributed by atoms with E-state index in [1.165, 1.54) is 0 Å². The Morgan fingerprint density at radius 3 is 2.50 bits per heavy atom. The highest BCUT2D eigenvalue weighted by Crippen LogP contribution is 2.33. The first-order valence-electron chi connectivity index (χ1n) is 11.4. The van der Waals surface area contributed by atoms with Gasteiger partial charge in [0.1, 0.15) is 18.5 Å². The molecule has 2 atom stereocenters. The van der Waals surface area contributed by atoms with Gasteiger partial charge in [-0.2, -0.15) is 0 Å². The quantitative estimate of drug-likeness (QED) is 0.433. The van der Waals surface area contributed by atoms with Gasteiger partial charge in [0.15, 0.2) is 11.5 Å². The van der Waals surface area contributed by atoms with Crippen LogP contribution in [0.15, 0.2) is 78.9 Å². The number of hydrogen-bond donors (Lipinski definition) is 1. The summed E-state index contributed by atoms with van der Waals surface area (Å²) in [5, 5.41) is 10.9. The monoisotopic (exact) mass is 457 g/mol. The van der Waals surface area contributed by atoms with Gasteiger partial charge in [-0.15, -0.1) is 0 Å². The minimum absolute atomic E-state index is 0.0672. The van der Waals surface area contributed by atoms with Crippen LogP contribution in [0.2, 0.25) is 0 Å². The Kier molecular flexibility index (Phi) is 6.18. The molecule has 1 N–H and O–H groups in total. The van der Waals surface area contributed by atoms with Gasteiger partial charge in [-0.3, -0.25) is 4.79 Å². The maximum Gasteiger partial charge on any atom is 0.227 e. The van der Waals surface area contributed by atoms with Crippen LogP contribution in [-0.2, 0) is 11.3 Å². The van der Waals surface area contributed by atoms with Crippen molar-refractivity contribution in [1.82, 2.24) is 9.55 Å². The number of aliphatic hydroxyl groups excluding tert-OH is 1. The number of amides is 1. The number of ether oxygens (including phenoxy) is 2. The highest BCUT2D eigenvalue weighted by molar-refractivity contribution is 5.96. The van der Waals surface area contributed by atoms with Crippen molar-refractivity contribution in [1.29, 1.82) is 0 Å². The molecule has 1 aliphatic heterocycles. The van der Waals surface area contributed by atoms with Crippen LogP contribution in [0.3, 0.4) is 0 Å². The predicted molar refractivity (Wildman–Crippen MR) is 130 cm³/mol. The van der Waals surface area contributed by atoms with Gasteiger partial charge < -0.3 is 24.0 Å². The average Bonchev–Trinajstić information content (AvgIpc) is 3.44. The summed E-state index contributed by atoms with van der Waals surface area (Å²) >= 11 is 0. The topological polar surface area (TPSA) is 76.8 Å². The Labute approximate surface area is 198 Å². The third kappa shape index (κ3) is 4.34. The number of fused-ring (bicyclic) bond motifs is 1. The molecule has 0 saturated carbocycles. The molecule has 0 bridgehead atoms. The second-order valence-electron chi connectivity index (χ2n) is 8.43. The van der Waals surface area contributed by atoms with Gasteiger partial charge >= 0.3 is 0 Å². The normalized spacial score (nSPS) is 16.7. The van der Waals surface area contributed by atoms with Crippen molar-refractivity contribution >= 4 is 22.6 Å². The highest BCUT2D eigenvalue weighted by atomic mass is 16.5. The SMILES string of the molecule is COc1ccccc1OC[C@H](O)Cn1c([C@H]2CC(=O)N(c3ccccc3)C2)nc2ccccc21. The third-order valence-corrected chi connectivity index (χ3v) is 6.14. The standard InChI is InChI=1S/C27H27N3O4/c1-33-24-13-7-8-14-25(24)34-18-21(31)17-30-23-12-6-5-11-22(23)28-27(30)19-15-26(32)29(16-19)20-9-3-2-4-10-20/h2-14,19,21,31H,15-18H2,1H3/t19-,21+/m0/s1. The summed E-state index contributed by atoms with van der Waals surface area (Å²) < 4.78 is 13.2. The average molecular weight is 458 g/mol. The van der Waals surface area contributed by atoms with E-state index >= 15 is 0 Å². The molecule has 0 aliphatic carbocycles. The van der Waals surface area contributed by atoms with E-state index in [2.05, 4.69) is 0 Å². The summed E-state index contributed by atoms with van der Waals surface area (Å²) in [7, 11) is 1.59. The van der Waals surface area contributed by atoms with E-state index in [9.17, 15) is 9.90 Å². The Morgan fingerprint density at radius 1 is 1.00 bits per heavy atom. The number of methoxy groups -OCH3 is 1. The second-order valence-corrected chi connectivity index (χ2v) is 8.43. The minimum atomic E-state index is -0.774. The molecule has 0 unspecified atom stereocenters. The Morgan fingerprint density at radius 2 is 1.71 bits per heavy atom. The molecule has 5 rings (SSSR count). The maximum atomic E-state index is 12.8. The molecule has 1 aromatic heterocycles. The van der Waals surface area contributed by atoms with Crippen molar-refractivity contribution < 1.29 is 19.4 Å². The molecule has 2 heterocycles. The number of benzene rings is 3. The zero-order chi connectivity index (χ0) is 23.5. The molecule has 1 saturated heterocycles. The van der Waals surface area contributed by atoms with Crippen LogP contribution in [0.5, 0.6) is 11.5 Å². The largest absolute Gasteiger partial charge is 0.493 e. The van der Waals surface area contributed by atoms with Crippen LogP contribution < -0.4 is 14.4 Å². The molecule has 3 aromatic carbocycles. The van der Waals surface area contributed by atoms with Crippen molar-refractivity contribution in [2.24, 2.45) is 0 Å². The lowest BCUT2D eigenvalue weighted by molar-refractivity contribution is -0.117. The van der Waals surface area contributed by atoms with Gasteiger partial charge in [0.05, 0.1) is 24.7 Å². The van der Waals surface area contributed by atoms with E-state index in [1.54, 1.807) is 7.11 Å². The Bertz CT molecular complexity index is 1290. The number of imidazole rings is 1. The van der Waals surface area contributed by atoms with Gasteiger partial charge in [0, 0.05) is 24.6 Å². The van der Waals surface area contributed by atoms with Crippen molar-refractivity contribution in [3.63, 3.8) is 0 Å². The van der Waals surface area contributed by atoms with E-state index in [-0.39, 0.29) is 18.4 Å².